The number of fused-ring (bicyclic) bond motifs is 3. The number of hydrogen-bond donors (Lipinski definition) is 5. The SMILES string of the molecule is CC(C)(Cc1ccc(OCCC[N+]23CCC(CC2)[C@@H](OCC(O)(c2ccccc2)C2CCCC2)C3)cc1)NC[C@H](O)c1ccc(O)c(CO)c1. The first-order chi connectivity index (χ1) is 24.1. The van der Waals surface area contributed by atoms with Crippen LogP contribution >= 0.6 is 0 Å². The summed E-state index contributed by atoms with van der Waals surface area (Å²) < 4.78 is 14.0. The number of piperidine rings is 3. The Morgan fingerprint density at radius 1 is 0.940 bits per heavy atom. The summed E-state index contributed by atoms with van der Waals surface area (Å²) in [6, 6.07) is 23.4. The summed E-state index contributed by atoms with van der Waals surface area (Å²) in [4.78, 5) is 0. The van der Waals surface area contributed by atoms with E-state index in [2.05, 4.69) is 43.4 Å². The van der Waals surface area contributed by atoms with Crippen LogP contribution < -0.4 is 10.1 Å². The molecule has 4 aliphatic rings. The molecule has 0 amide bonds. The average Bonchev–Trinajstić information content (AvgIpc) is 3.69. The van der Waals surface area contributed by atoms with Crippen LogP contribution in [-0.4, -0.2) is 82.5 Å². The molecule has 8 heteroatoms. The quantitative estimate of drug-likeness (QED) is 0.0875. The smallest absolute Gasteiger partial charge is 0.121 e. The highest BCUT2D eigenvalue weighted by atomic mass is 16.5. The molecule has 3 aromatic rings. The number of aliphatic hydroxyl groups excluding tert-OH is 2. The minimum Gasteiger partial charge on any atom is -0.508 e. The lowest BCUT2D eigenvalue weighted by Crippen LogP contribution is -2.65. The largest absolute Gasteiger partial charge is 0.508 e. The summed E-state index contributed by atoms with van der Waals surface area (Å²) in [5.41, 5.74) is 2.09. The van der Waals surface area contributed by atoms with Gasteiger partial charge in [-0.1, -0.05) is 61.4 Å². The van der Waals surface area contributed by atoms with Crippen molar-refractivity contribution < 1.29 is 34.4 Å². The number of aliphatic hydroxyl groups is 3. The van der Waals surface area contributed by atoms with Gasteiger partial charge in [-0.25, -0.2) is 0 Å². The number of nitrogens with zero attached hydrogens (tertiary/aromatic N) is 1. The molecular weight excluding hydrogens is 628 g/mol. The molecule has 0 spiro atoms. The number of hydrogen-bond acceptors (Lipinski definition) is 7. The zero-order chi connectivity index (χ0) is 35.2. The molecule has 272 valence electrons. The summed E-state index contributed by atoms with van der Waals surface area (Å²) >= 11 is 0. The molecule has 3 heterocycles. The molecule has 3 atom stereocenters. The van der Waals surface area contributed by atoms with Gasteiger partial charge in [-0.2, -0.15) is 0 Å². The topological polar surface area (TPSA) is 111 Å². The van der Waals surface area contributed by atoms with Gasteiger partial charge in [-0.05, 0) is 80.0 Å². The van der Waals surface area contributed by atoms with Gasteiger partial charge in [0.15, 0.2) is 0 Å². The molecule has 3 saturated heterocycles. The van der Waals surface area contributed by atoms with E-state index in [0.29, 0.717) is 36.8 Å². The maximum Gasteiger partial charge on any atom is 0.121 e. The number of phenols is 1. The van der Waals surface area contributed by atoms with E-state index in [0.717, 1.165) is 54.6 Å². The minimum absolute atomic E-state index is 0.0299. The third-order valence-electron chi connectivity index (χ3n) is 11.9. The summed E-state index contributed by atoms with van der Waals surface area (Å²) in [6.45, 7) is 9.94. The fourth-order valence-corrected chi connectivity index (χ4v) is 8.82. The van der Waals surface area contributed by atoms with Crippen LogP contribution in [0, 0.1) is 11.8 Å². The predicted octanol–water partition coefficient (Wildman–Crippen LogP) is 6.00. The fourth-order valence-electron chi connectivity index (χ4n) is 8.82. The van der Waals surface area contributed by atoms with Gasteiger partial charge in [-0.15, -0.1) is 0 Å². The van der Waals surface area contributed by atoms with Gasteiger partial charge in [0, 0.05) is 42.8 Å². The van der Waals surface area contributed by atoms with Crippen LogP contribution in [0.25, 0.3) is 0 Å². The van der Waals surface area contributed by atoms with Crippen LogP contribution in [0.2, 0.25) is 0 Å². The molecule has 8 nitrogen and oxygen atoms in total. The van der Waals surface area contributed by atoms with E-state index >= 15 is 0 Å². The number of ether oxygens (including phenoxy) is 2. The summed E-state index contributed by atoms with van der Waals surface area (Å²) in [5.74, 6) is 1.77. The Morgan fingerprint density at radius 2 is 1.66 bits per heavy atom. The zero-order valence-electron chi connectivity index (χ0n) is 30.1. The zero-order valence-corrected chi connectivity index (χ0v) is 30.1. The van der Waals surface area contributed by atoms with Gasteiger partial charge < -0.3 is 39.7 Å². The van der Waals surface area contributed by atoms with Gasteiger partial charge in [-0.3, -0.25) is 0 Å². The maximum absolute atomic E-state index is 12.0. The Morgan fingerprint density at radius 3 is 2.36 bits per heavy atom. The first-order valence-corrected chi connectivity index (χ1v) is 18.9. The number of β-amino-alcohol motifs (C(OH)–C–C–N with tert-alkyl or cyclic N) is 1. The number of benzene rings is 3. The van der Waals surface area contributed by atoms with E-state index in [4.69, 9.17) is 9.47 Å². The molecule has 4 fully saturated rings. The van der Waals surface area contributed by atoms with Crippen molar-refractivity contribution in [3.05, 3.63) is 95.1 Å². The Bertz CT molecular complexity index is 1500. The van der Waals surface area contributed by atoms with Gasteiger partial charge >= 0.3 is 0 Å². The standard InChI is InChI=1S/C42H58N2O6/c1-41(2,43-27-39(47)33-15-18-38(46)34(25-33)29-45)26-31-13-16-37(17-14-31)49-24-8-21-44-22-19-32(20-23-44)40(28-44)50-30-42(48,36-11-6-7-12-36)35-9-4-3-5-10-35/h3-5,9-10,13-18,25,32,36,39-40,43,45,47-48H,6-8,11-12,19-24,26-30H2,1-2H3/p+1/t32?,39-,40-,42?,44?/m0/s1. The Balaban J connectivity index is 0.945. The van der Waals surface area contributed by atoms with Gasteiger partial charge in [0.25, 0.3) is 0 Å². The van der Waals surface area contributed by atoms with E-state index in [-0.39, 0.29) is 29.9 Å². The van der Waals surface area contributed by atoms with Crippen molar-refractivity contribution in [2.45, 2.75) is 95.2 Å². The highest BCUT2D eigenvalue weighted by Crippen LogP contribution is 2.42. The fraction of sp³-hybridized carbons (Fsp3) is 0.571. The second-order valence-corrected chi connectivity index (χ2v) is 16.0. The Labute approximate surface area is 298 Å². The number of quaternary nitrogens is 1. The number of aromatic hydroxyl groups is 1. The van der Waals surface area contributed by atoms with Crippen LogP contribution in [0.15, 0.2) is 72.8 Å². The molecule has 50 heavy (non-hydrogen) atoms. The maximum atomic E-state index is 12.0. The van der Waals surface area contributed by atoms with E-state index < -0.39 is 11.7 Å². The van der Waals surface area contributed by atoms with E-state index in [1.807, 2.05) is 30.3 Å². The highest BCUT2D eigenvalue weighted by molar-refractivity contribution is 5.36. The molecule has 2 bridgehead atoms. The van der Waals surface area contributed by atoms with Crippen LogP contribution in [0.1, 0.15) is 87.2 Å². The number of rotatable bonds is 17. The molecule has 5 N–H and O–H groups in total. The van der Waals surface area contributed by atoms with Crippen molar-refractivity contribution in [2.75, 3.05) is 45.9 Å². The van der Waals surface area contributed by atoms with E-state index in [1.54, 1.807) is 12.1 Å². The molecule has 1 aliphatic carbocycles. The molecule has 0 aromatic heterocycles. The van der Waals surface area contributed by atoms with Crippen LogP contribution in [-0.2, 0) is 23.4 Å². The van der Waals surface area contributed by atoms with Gasteiger partial charge in [0.1, 0.15) is 29.7 Å². The highest BCUT2D eigenvalue weighted by Gasteiger charge is 2.48. The Hall–Kier alpha value is -2.98. The van der Waals surface area contributed by atoms with Crippen molar-refractivity contribution >= 4 is 0 Å². The molecule has 3 aliphatic heterocycles. The lowest BCUT2D eigenvalue weighted by molar-refractivity contribution is -0.946. The molecular formula is C42H59N2O6+. The van der Waals surface area contributed by atoms with E-state index in [9.17, 15) is 20.4 Å². The number of nitrogens with one attached hydrogen (secondary N) is 1. The normalized spacial score (nSPS) is 24.3. The first kappa shape index (κ1) is 36.8. The third kappa shape index (κ3) is 8.90. The van der Waals surface area contributed by atoms with Crippen molar-refractivity contribution in [1.82, 2.24) is 5.32 Å². The average molecular weight is 688 g/mol. The molecule has 0 radical (unpaired) electrons. The lowest BCUT2D eigenvalue weighted by atomic mass is 9.80. The van der Waals surface area contributed by atoms with Crippen LogP contribution in [0.5, 0.6) is 11.5 Å². The van der Waals surface area contributed by atoms with Crippen molar-refractivity contribution in [1.29, 1.82) is 0 Å². The monoisotopic (exact) mass is 687 g/mol. The van der Waals surface area contributed by atoms with Crippen molar-refractivity contribution in [2.24, 2.45) is 11.8 Å². The predicted molar refractivity (Wildman–Crippen MR) is 196 cm³/mol. The first-order valence-electron chi connectivity index (χ1n) is 18.9. The van der Waals surface area contributed by atoms with Gasteiger partial charge in [0.2, 0.25) is 0 Å². The van der Waals surface area contributed by atoms with Crippen molar-refractivity contribution in [3.8, 4) is 11.5 Å². The molecule has 1 saturated carbocycles. The summed E-state index contributed by atoms with van der Waals surface area (Å²) in [6.07, 6.45) is 8.16. The minimum atomic E-state index is -0.909. The van der Waals surface area contributed by atoms with Crippen LogP contribution in [0.3, 0.4) is 0 Å². The van der Waals surface area contributed by atoms with E-state index in [1.165, 1.54) is 50.4 Å². The second kappa shape index (κ2) is 16.1. The van der Waals surface area contributed by atoms with Crippen molar-refractivity contribution in [3.63, 3.8) is 0 Å². The summed E-state index contributed by atoms with van der Waals surface area (Å²) in [5, 5.41) is 45.4. The molecule has 7 rings (SSSR count). The summed E-state index contributed by atoms with van der Waals surface area (Å²) in [7, 11) is 0. The second-order valence-electron chi connectivity index (χ2n) is 16.0. The van der Waals surface area contributed by atoms with Gasteiger partial charge in [0.05, 0.1) is 45.6 Å². The third-order valence-corrected chi connectivity index (χ3v) is 11.9. The molecule has 1 unspecified atom stereocenters. The lowest BCUT2D eigenvalue weighted by Gasteiger charge is -2.53. The Kier molecular flexibility index (Phi) is 11.9. The van der Waals surface area contributed by atoms with Crippen LogP contribution in [0.4, 0.5) is 0 Å². The molecule has 3 aromatic carbocycles.